The summed E-state index contributed by atoms with van der Waals surface area (Å²) in [5.74, 6) is -3.77. The monoisotopic (exact) mass is 398 g/mol. The first kappa shape index (κ1) is 19.3. The summed E-state index contributed by atoms with van der Waals surface area (Å²) in [6.07, 6.45) is 1.01. The van der Waals surface area contributed by atoms with Crippen LogP contribution in [0.15, 0.2) is 53.6 Å². The summed E-state index contributed by atoms with van der Waals surface area (Å²) >= 11 is 5.10. The van der Waals surface area contributed by atoms with Gasteiger partial charge in [0.25, 0.3) is 11.8 Å². The van der Waals surface area contributed by atoms with E-state index in [0.717, 1.165) is 17.8 Å². The molecule has 3 rings (SSSR count). The van der Waals surface area contributed by atoms with Gasteiger partial charge in [-0.05, 0) is 49.5 Å². The van der Waals surface area contributed by atoms with E-state index >= 15 is 0 Å². The highest BCUT2D eigenvalue weighted by atomic mass is 32.1. The SMILES string of the molecule is Cc1ccc(N2C(=O)[C@H](/C=N/NC(=O)c3cccc(F)c3)C(=O)NC2=S)cc1. The van der Waals surface area contributed by atoms with Crippen molar-refractivity contribution in [3.8, 4) is 0 Å². The highest BCUT2D eigenvalue weighted by molar-refractivity contribution is 7.80. The predicted molar refractivity (Wildman–Crippen MR) is 105 cm³/mol. The van der Waals surface area contributed by atoms with Crippen LogP contribution in [-0.2, 0) is 9.59 Å². The molecule has 0 radical (unpaired) electrons. The van der Waals surface area contributed by atoms with Crippen LogP contribution in [0.3, 0.4) is 0 Å². The molecule has 0 unspecified atom stereocenters. The number of aryl methyl sites for hydroxylation is 1. The molecule has 28 heavy (non-hydrogen) atoms. The maximum Gasteiger partial charge on any atom is 0.271 e. The molecular formula is C19H15FN4O3S. The average Bonchev–Trinajstić information content (AvgIpc) is 2.65. The van der Waals surface area contributed by atoms with Gasteiger partial charge < -0.3 is 5.32 Å². The molecular weight excluding hydrogens is 383 g/mol. The highest BCUT2D eigenvalue weighted by Crippen LogP contribution is 2.20. The molecule has 9 heteroatoms. The van der Waals surface area contributed by atoms with E-state index in [2.05, 4.69) is 15.8 Å². The zero-order chi connectivity index (χ0) is 20.3. The van der Waals surface area contributed by atoms with E-state index in [-0.39, 0.29) is 10.7 Å². The Bertz CT molecular complexity index is 991. The second-order valence-electron chi connectivity index (χ2n) is 6.01. The molecule has 142 valence electrons. The van der Waals surface area contributed by atoms with Gasteiger partial charge in [-0.25, -0.2) is 9.82 Å². The Kier molecular flexibility index (Phi) is 5.55. The quantitative estimate of drug-likeness (QED) is 0.356. The van der Waals surface area contributed by atoms with Crippen molar-refractivity contribution >= 4 is 47.0 Å². The molecule has 1 atom stereocenters. The summed E-state index contributed by atoms with van der Waals surface area (Å²) in [6.45, 7) is 1.90. The number of halogens is 1. The van der Waals surface area contributed by atoms with Gasteiger partial charge in [0.15, 0.2) is 11.0 Å². The number of carbonyl (C=O) groups excluding carboxylic acids is 3. The summed E-state index contributed by atoms with van der Waals surface area (Å²) < 4.78 is 13.2. The number of hydrazone groups is 1. The molecule has 2 aromatic carbocycles. The number of rotatable bonds is 4. The zero-order valence-corrected chi connectivity index (χ0v) is 15.5. The lowest BCUT2D eigenvalue weighted by Gasteiger charge is -2.30. The van der Waals surface area contributed by atoms with Crippen molar-refractivity contribution in [1.29, 1.82) is 0 Å². The Balaban J connectivity index is 1.75. The molecule has 2 N–H and O–H groups in total. The van der Waals surface area contributed by atoms with Crippen molar-refractivity contribution < 1.29 is 18.8 Å². The lowest BCUT2D eigenvalue weighted by Crippen LogP contribution is -2.58. The smallest absolute Gasteiger partial charge is 0.271 e. The third-order valence-electron chi connectivity index (χ3n) is 3.97. The number of hydrogen-bond acceptors (Lipinski definition) is 5. The Hall–Kier alpha value is -3.46. The van der Waals surface area contributed by atoms with Gasteiger partial charge in [-0.3, -0.25) is 19.3 Å². The van der Waals surface area contributed by atoms with E-state index in [9.17, 15) is 18.8 Å². The zero-order valence-electron chi connectivity index (χ0n) is 14.7. The largest absolute Gasteiger partial charge is 0.301 e. The maximum absolute atomic E-state index is 13.2. The molecule has 0 spiro atoms. The molecule has 1 saturated heterocycles. The standard InChI is InChI=1S/C19H15FN4O3S/c1-11-5-7-14(8-6-11)24-18(27)15(17(26)22-19(24)28)10-21-23-16(25)12-3-2-4-13(20)9-12/h2-10,15H,1H3,(H,23,25)(H,22,26,28)/b21-10+/t15-/m1/s1. The van der Waals surface area contributed by atoms with E-state index < -0.39 is 29.5 Å². The van der Waals surface area contributed by atoms with Gasteiger partial charge in [-0.2, -0.15) is 5.10 Å². The van der Waals surface area contributed by atoms with Crippen molar-refractivity contribution in [2.24, 2.45) is 11.0 Å². The molecule has 1 heterocycles. The van der Waals surface area contributed by atoms with Gasteiger partial charge in [0.1, 0.15) is 5.82 Å². The third-order valence-corrected chi connectivity index (χ3v) is 4.26. The first-order valence-electron chi connectivity index (χ1n) is 8.21. The minimum atomic E-state index is -1.28. The summed E-state index contributed by atoms with van der Waals surface area (Å²) in [4.78, 5) is 38.0. The summed E-state index contributed by atoms with van der Waals surface area (Å²) in [6, 6.07) is 12.1. The number of carbonyl (C=O) groups is 3. The van der Waals surface area contributed by atoms with Crippen molar-refractivity contribution in [2.75, 3.05) is 4.90 Å². The molecule has 3 amide bonds. The average molecular weight is 398 g/mol. The fourth-order valence-corrected chi connectivity index (χ4v) is 2.82. The first-order chi connectivity index (χ1) is 13.4. The molecule has 2 aromatic rings. The van der Waals surface area contributed by atoms with Crippen LogP contribution in [0.4, 0.5) is 10.1 Å². The van der Waals surface area contributed by atoms with E-state index in [0.29, 0.717) is 5.69 Å². The molecule has 1 aliphatic rings. The Morgan fingerprint density at radius 1 is 1.25 bits per heavy atom. The van der Waals surface area contributed by atoms with E-state index in [4.69, 9.17) is 12.2 Å². The molecule has 0 aromatic heterocycles. The van der Waals surface area contributed by atoms with Crippen LogP contribution in [0, 0.1) is 18.7 Å². The van der Waals surface area contributed by atoms with Gasteiger partial charge in [0.05, 0.1) is 5.69 Å². The van der Waals surface area contributed by atoms with Gasteiger partial charge in [-0.1, -0.05) is 23.8 Å². The van der Waals surface area contributed by atoms with Crippen molar-refractivity contribution in [3.05, 3.63) is 65.5 Å². The molecule has 0 aliphatic carbocycles. The van der Waals surface area contributed by atoms with Crippen LogP contribution in [0.1, 0.15) is 15.9 Å². The third kappa shape index (κ3) is 4.09. The van der Waals surface area contributed by atoms with E-state index in [1.54, 1.807) is 12.1 Å². The normalized spacial score (nSPS) is 17.0. The van der Waals surface area contributed by atoms with Crippen LogP contribution in [0.5, 0.6) is 0 Å². The molecule has 1 fully saturated rings. The number of benzene rings is 2. The van der Waals surface area contributed by atoms with Crippen molar-refractivity contribution in [1.82, 2.24) is 10.7 Å². The molecule has 0 bridgehead atoms. The fraction of sp³-hybridized carbons (Fsp3) is 0.105. The Labute approximate surface area is 165 Å². The summed E-state index contributed by atoms with van der Waals surface area (Å²) in [5, 5.41) is 6.08. The molecule has 0 saturated carbocycles. The lowest BCUT2D eigenvalue weighted by molar-refractivity contribution is -0.130. The number of nitrogens with one attached hydrogen (secondary N) is 2. The second-order valence-corrected chi connectivity index (χ2v) is 6.40. The summed E-state index contributed by atoms with van der Waals surface area (Å²) in [5.41, 5.74) is 3.73. The van der Waals surface area contributed by atoms with Crippen LogP contribution < -0.4 is 15.6 Å². The van der Waals surface area contributed by atoms with E-state index in [1.165, 1.54) is 23.1 Å². The van der Waals surface area contributed by atoms with Gasteiger partial charge in [0, 0.05) is 11.8 Å². The maximum atomic E-state index is 13.2. The lowest BCUT2D eigenvalue weighted by atomic mass is 10.1. The first-order valence-corrected chi connectivity index (χ1v) is 8.62. The topological polar surface area (TPSA) is 90.9 Å². The van der Waals surface area contributed by atoms with Crippen LogP contribution in [-0.4, -0.2) is 29.0 Å². The minimum absolute atomic E-state index is 0.0349. The minimum Gasteiger partial charge on any atom is -0.301 e. The highest BCUT2D eigenvalue weighted by Gasteiger charge is 2.38. The van der Waals surface area contributed by atoms with Crippen LogP contribution in [0.25, 0.3) is 0 Å². The van der Waals surface area contributed by atoms with Crippen LogP contribution in [0.2, 0.25) is 0 Å². The van der Waals surface area contributed by atoms with Gasteiger partial charge in [-0.15, -0.1) is 0 Å². The molecule has 1 aliphatic heterocycles. The number of anilines is 1. The fourth-order valence-electron chi connectivity index (χ4n) is 2.52. The molecule has 7 nitrogen and oxygen atoms in total. The van der Waals surface area contributed by atoms with Crippen molar-refractivity contribution in [3.63, 3.8) is 0 Å². The number of amides is 3. The Morgan fingerprint density at radius 3 is 2.64 bits per heavy atom. The summed E-state index contributed by atoms with van der Waals surface area (Å²) in [7, 11) is 0. The second kappa shape index (κ2) is 8.05. The number of nitrogens with zero attached hydrogens (tertiary/aromatic N) is 2. The predicted octanol–water partition coefficient (Wildman–Crippen LogP) is 1.91. The Morgan fingerprint density at radius 2 is 1.96 bits per heavy atom. The van der Waals surface area contributed by atoms with E-state index in [1.807, 2.05) is 19.1 Å². The van der Waals surface area contributed by atoms with Crippen molar-refractivity contribution in [2.45, 2.75) is 6.92 Å². The van der Waals surface area contributed by atoms with Gasteiger partial charge in [0.2, 0.25) is 5.91 Å². The number of hydrogen-bond donors (Lipinski definition) is 2. The van der Waals surface area contributed by atoms with Gasteiger partial charge >= 0.3 is 0 Å². The van der Waals surface area contributed by atoms with Crippen LogP contribution >= 0.6 is 12.2 Å². The number of thiocarbonyl (C=S) groups is 1.